The number of hydrogen-bond donors (Lipinski definition) is 0. The monoisotopic (exact) mass is 302 g/mol. The van der Waals surface area contributed by atoms with Crippen LogP contribution in [-0.4, -0.2) is 31.3 Å². The van der Waals surface area contributed by atoms with E-state index in [9.17, 15) is 4.57 Å². The van der Waals surface area contributed by atoms with Gasteiger partial charge in [-0.1, -0.05) is 0 Å². The van der Waals surface area contributed by atoms with Gasteiger partial charge in [-0.3, -0.25) is 4.57 Å². The summed E-state index contributed by atoms with van der Waals surface area (Å²) in [5.41, 5.74) is 0.320. The van der Waals surface area contributed by atoms with Gasteiger partial charge in [0.1, 0.15) is 0 Å². The summed E-state index contributed by atoms with van der Waals surface area (Å²) in [6.07, 6.45) is 3.42. The molecule has 2 heterocycles. The van der Waals surface area contributed by atoms with Crippen molar-refractivity contribution in [3.63, 3.8) is 0 Å². The van der Waals surface area contributed by atoms with E-state index in [0.717, 1.165) is 25.9 Å². The molecular weight excluding hydrogens is 279 g/mol. The summed E-state index contributed by atoms with van der Waals surface area (Å²) >= 11 is 0. The lowest BCUT2D eigenvalue weighted by Gasteiger charge is -2.27. The Kier molecular flexibility index (Phi) is 5.24. The molecule has 0 aliphatic carbocycles. The van der Waals surface area contributed by atoms with Gasteiger partial charge in [0, 0.05) is 20.0 Å². The Morgan fingerprint density at radius 2 is 1.80 bits per heavy atom. The first kappa shape index (κ1) is 15.5. The van der Waals surface area contributed by atoms with Gasteiger partial charge in [0.25, 0.3) is 0 Å². The second kappa shape index (κ2) is 6.74. The van der Waals surface area contributed by atoms with Crippen molar-refractivity contribution in [2.24, 2.45) is 0 Å². The molecule has 0 atom stereocenters. The summed E-state index contributed by atoms with van der Waals surface area (Å²) in [6, 6.07) is 0. The Hall–Kier alpha value is -0.840. The largest absolute Gasteiger partial charge is 0.424 e. The number of nitrogens with zero attached hydrogens (tertiary/aromatic N) is 2. The van der Waals surface area contributed by atoms with Crippen LogP contribution in [0.25, 0.3) is 0 Å². The lowest BCUT2D eigenvalue weighted by atomic mass is 10.1. The van der Waals surface area contributed by atoms with E-state index in [0.29, 0.717) is 30.4 Å². The second-order valence-corrected chi connectivity index (χ2v) is 6.68. The lowest BCUT2D eigenvalue weighted by Crippen LogP contribution is -2.33. The van der Waals surface area contributed by atoms with Crippen LogP contribution in [0.5, 0.6) is 0 Å². The summed E-state index contributed by atoms with van der Waals surface area (Å²) in [5, 5.41) is 0. The summed E-state index contributed by atoms with van der Waals surface area (Å²) in [5.74, 6) is 1.03. The average Bonchev–Trinajstić information content (AvgIpc) is 2.83. The maximum atomic E-state index is 12.9. The molecule has 6 nitrogen and oxygen atoms in total. The smallest absolute Gasteiger partial charge is 0.385 e. The quantitative estimate of drug-likeness (QED) is 0.753. The number of rotatable bonds is 6. The third kappa shape index (κ3) is 3.25. The highest BCUT2D eigenvalue weighted by Gasteiger charge is 2.37. The third-order valence-electron chi connectivity index (χ3n) is 3.20. The van der Waals surface area contributed by atoms with Crippen molar-refractivity contribution in [1.82, 2.24) is 4.98 Å². The van der Waals surface area contributed by atoms with E-state index in [-0.39, 0.29) is 0 Å². The third-order valence-corrected chi connectivity index (χ3v) is 5.21. The van der Waals surface area contributed by atoms with Crippen LogP contribution in [0, 0.1) is 6.92 Å². The molecule has 114 valence electrons. The van der Waals surface area contributed by atoms with E-state index in [1.807, 2.05) is 0 Å². The highest BCUT2D eigenvalue weighted by molar-refractivity contribution is 7.62. The molecule has 0 bridgehead atoms. The van der Waals surface area contributed by atoms with Gasteiger partial charge in [-0.2, -0.15) is 0 Å². The Morgan fingerprint density at radius 1 is 1.20 bits per heavy atom. The number of aromatic nitrogens is 1. The SMILES string of the molecule is CCOP(=O)(OCC)c1nc(C)oc1N1CCCCC1. The Bertz CT molecular complexity index is 473. The average molecular weight is 302 g/mol. The summed E-state index contributed by atoms with van der Waals surface area (Å²) in [6.45, 7) is 7.72. The van der Waals surface area contributed by atoms with Gasteiger partial charge < -0.3 is 18.4 Å². The zero-order valence-corrected chi connectivity index (χ0v) is 13.3. The van der Waals surface area contributed by atoms with E-state index in [2.05, 4.69) is 9.88 Å². The van der Waals surface area contributed by atoms with Crippen molar-refractivity contribution in [3.05, 3.63) is 5.89 Å². The molecule has 1 aromatic rings. The van der Waals surface area contributed by atoms with Gasteiger partial charge in [0.2, 0.25) is 11.3 Å². The van der Waals surface area contributed by atoms with E-state index < -0.39 is 7.60 Å². The van der Waals surface area contributed by atoms with Gasteiger partial charge in [0.05, 0.1) is 13.2 Å². The first-order valence-corrected chi connectivity index (χ1v) is 8.77. The van der Waals surface area contributed by atoms with Crippen LogP contribution in [0.2, 0.25) is 0 Å². The summed E-state index contributed by atoms with van der Waals surface area (Å²) < 4.78 is 29.3. The van der Waals surface area contributed by atoms with Crippen molar-refractivity contribution in [3.8, 4) is 0 Å². The van der Waals surface area contributed by atoms with E-state index >= 15 is 0 Å². The highest BCUT2D eigenvalue weighted by atomic mass is 31.2. The predicted molar refractivity (Wildman–Crippen MR) is 77.8 cm³/mol. The van der Waals surface area contributed by atoms with Crippen LogP contribution in [0.1, 0.15) is 39.0 Å². The molecule has 0 N–H and O–H groups in total. The molecule has 0 spiro atoms. The van der Waals surface area contributed by atoms with Crippen molar-refractivity contribution in [2.45, 2.75) is 40.0 Å². The molecule has 1 aliphatic rings. The molecule has 0 amide bonds. The van der Waals surface area contributed by atoms with Crippen LogP contribution >= 0.6 is 7.60 Å². The number of hydrogen-bond acceptors (Lipinski definition) is 6. The number of oxazole rings is 1. The summed E-state index contributed by atoms with van der Waals surface area (Å²) in [4.78, 5) is 6.36. The molecule has 2 rings (SSSR count). The van der Waals surface area contributed by atoms with Gasteiger partial charge in [-0.25, -0.2) is 4.98 Å². The van der Waals surface area contributed by atoms with Crippen LogP contribution in [0.15, 0.2) is 4.42 Å². The maximum Gasteiger partial charge on any atom is 0.385 e. The van der Waals surface area contributed by atoms with E-state index in [1.54, 1.807) is 20.8 Å². The maximum absolute atomic E-state index is 12.9. The minimum atomic E-state index is -3.40. The van der Waals surface area contributed by atoms with Crippen LogP contribution in [0.3, 0.4) is 0 Å². The molecule has 0 saturated carbocycles. The minimum absolute atomic E-state index is 0.308. The topological polar surface area (TPSA) is 64.8 Å². The predicted octanol–water partition coefficient (Wildman–Crippen LogP) is 2.86. The molecular formula is C13H23N2O4P. The van der Waals surface area contributed by atoms with Crippen molar-refractivity contribution in [2.75, 3.05) is 31.2 Å². The first-order valence-electron chi connectivity index (χ1n) is 7.22. The van der Waals surface area contributed by atoms with Gasteiger partial charge in [0.15, 0.2) is 5.89 Å². The molecule has 1 saturated heterocycles. The fourth-order valence-corrected chi connectivity index (χ4v) is 4.07. The summed E-state index contributed by atoms with van der Waals surface area (Å²) in [7, 11) is -3.40. The Balaban J connectivity index is 2.36. The van der Waals surface area contributed by atoms with Gasteiger partial charge >= 0.3 is 7.60 Å². The molecule has 20 heavy (non-hydrogen) atoms. The number of aryl methyl sites for hydroxylation is 1. The van der Waals surface area contributed by atoms with Gasteiger partial charge in [-0.05, 0) is 33.1 Å². The standard InChI is InChI=1S/C13H23N2O4P/c1-4-17-20(16,18-5-2)12-13(19-11(3)14-12)15-9-7-6-8-10-15/h4-10H2,1-3H3. The van der Waals surface area contributed by atoms with Crippen molar-refractivity contribution in [1.29, 1.82) is 0 Å². The fraction of sp³-hybridized carbons (Fsp3) is 0.769. The van der Waals surface area contributed by atoms with Gasteiger partial charge in [-0.15, -0.1) is 0 Å². The molecule has 7 heteroatoms. The zero-order valence-electron chi connectivity index (χ0n) is 12.4. The Labute approximate surface area is 120 Å². The van der Waals surface area contributed by atoms with E-state index in [4.69, 9.17) is 13.5 Å². The van der Waals surface area contributed by atoms with Crippen molar-refractivity contribution >= 4 is 18.9 Å². The normalized spacial score (nSPS) is 16.6. The second-order valence-electron chi connectivity index (χ2n) is 4.74. The molecule has 1 fully saturated rings. The first-order chi connectivity index (χ1) is 9.60. The molecule has 0 unspecified atom stereocenters. The molecule has 1 aromatic heterocycles. The minimum Gasteiger partial charge on any atom is -0.424 e. The van der Waals surface area contributed by atoms with Crippen LogP contribution in [-0.2, 0) is 13.6 Å². The number of anilines is 1. The van der Waals surface area contributed by atoms with Crippen LogP contribution in [0.4, 0.5) is 5.88 Å². The number of piperidine rings is 1. The van der Waals surface area contributed by atoms with E-state index in [1.165, 1.54) is 6.42 Å². The molecule has 0 aromatic carbocycles. The zero-order chi connectivity index (χ0) is 14.6. The molecule has 0 radical (unpaired) electrons. The molecule has 1 aliphatic heterocycles. The lowest BCUT2D eigenvalue weighted by molar-refractivity contribution is 0.229. The fourth-order valence-electron chi connectivity index (χ4n) is 2.39. The van der Waals surface area contributed by atoms with Crippen LogP contribution < -0.4 is 10.3 Å². The Morgan fingerprint density at radius 3 is 2.35 bits per heavy atom. The highest BCUT2D eigenvalue weighted by Crippen LogP contribution is 2.49. The van der Waals surface area contributed by atoms with Crippen molar-refractivity contribution < 1.29 is 18.0 Å².